The minimum atomic E-state index is 1.21. The van der Waals surface area contributed by atoms with E-state index in [9.17, 15) is 0 Å². The van der Waals surface area contributed by atoms with Crippen LogP contribution in [0.15, 0.2) is 231 Å². The fourth-order valence-corrected chi connectivity index (χ4v) is 10.8. The monoisotopic (exact) mass is 782 g/mol. The van der Waals surface area contributed by atoms with E-state index in [1.165, 1.54) is 131 Å². The van der Waals surface area contributed by atoms with Crippen molar-refractivity contribution < 1.29 is 0 Å². The summed E-state index contributed by atoms with van der Waals surface area (Å²) in [5.74, 6) is 0. The van der Waals surface area contributed by atoms with Gasteiger partial charge in [0.25, 0.3) is 0 Å². The Balaban J connectivity index is 1.18. The summed E-state index contributed by atoms with van der Waals surface area (Å²) in [4.78, 5) is 0. The van der Waals surface area contributed by atoms with Gasteiger partial charge in [0.1, 0.15) is 0 Å². The highest BCUT2D eigenvalue weighted by molar-refractivity contribution is 6.29. The van der Waals surface area contributed by atoms with Gasteiger partial charge in [0.2, 0.25) is 0 Å². The van der Waals surface area contributed by atoms with Gasteiger partial charge in [0.05, 0.1) is 0 Å². The summed E-state index contributed by atoms with van der Waals surface area (Å²) in [6.45, 7) is 0. The molecule has 0 saturated carbocycles. The first kappa shape index (κ1) is 34.8. The van der Waals surface area contributed by atoms with E-state index >= 15 is 0 Å². The van der Waals surface area contributed by atoms with Crippen molar-refractivity contribution in [1.82, 2.24) is 0 Å². The Kier molecular flexibility index (Phi) is 7.71. The Labute approximate surface area is 359 Å². The largest absolute Gasteiger partial charge is 0.0616 e. The lowest BCUT2D eigenvalue weighted by molar-refractivity contribution is 1.67. The number of hydrogen-bond acceptors (Lipinski definition) is 0. The van der Waals surface area contributed by atoms with E-state index in [1.807, 2.05) is 0 Å². The molecule has 13 aromatic rings. The van der Waals surface area contributed by atoms with Gasteiger partial charge in [0, 0.05) is 0 Å². The molecule has 0 bridgehead atoms. The Morgan fingerprint density at radius 2 is 0.516 bits per heavy atom. The van der Waals surface area contributed by atoms with Crippen LogP contribution in [0.4, 0.5) is 0 Å². The van der Waals surface area contributed by atoms with E-state index in [2.05, 4.69) is 231 Å². The smallest absolute Gasteiger partial charge is 0.00199 e. The van der Waals surface area contributed by atoms with E-state index < -0.39 is 0 Å². The number of rotatable bonds is 4. The highest BCUT2D eigenvalue weighted by Crippen LogP contribution is 2.50. The van der Waals surface area contributed by atoms with Gasteiger partial charge >= 0.3 is 0 Å². The highest BCUT2D eigenvalue weighted by atomic mass is 14.3. The molecule has 0 aliphatic heterocycles. The van der Waals surface area contributed by atoms with Gasteiger partial charge in [-0.05, 0) is 143 Å². The van der Waals surface area contributed by atoms with E-state index in [0.29, 0.717) is 0 Å². The molecule has 0 heteroatoms. The van der Waals surface area contributed by atoms with Crippen LogP contribution < -0.4 is 0 Å². The molecule has 13 aromatic carbocycles. The molecular weight excluding hydrogens is 745 g/mol. The molecule has 0 nitrogen and oxygen atoms in total. The molecule has 0 amide bonds. The summed E-state index contributed by atoms with van der Waals surface area (Å²) in [6.07, 6.45) is 0. The highest BCUT2D eigenvalue weighted by Gasteiger charge is 2.23. The van der Waals surface area contributed by atoms with Gasteiger partial charge in [-0.1, -0.05) is 218 Å². The van der Waals surface area contributed by atoms with Crippen LogP contribution in [0.25, 0.3) is 131 Å². The third-order valence-corrected chi connectivity index (χ3v) is 13.4. The van der Waals surface area contributed by atoms with Crippen molar-refractivity contribution in [1.29, 1.82) is 0 Å². The minimum absolute atomic E-state index is 1.21. The SMILES string of the molecule is c1ccc2c(-c3c4ccccc4c(-c4cccc5ccccc45)c4cc(-c5c6ccccc6c(-c6cc7ccccc7c7ccccc67)c6ccccc56)ccc34)cccc2c1. The number of hydrogen-bond donors (Lipinski definition) is 0. The van der Waals surface area contributed by atoms with Crippen LogP contribution in [0, 0.1) is 0 Å². The molecule has 0 atom stereocenters. The Morgan fingerprint density at radius 1 is 0.161 bits per heavy atom. The Bertz CT molecular complexity index is 3910. The second kappa shape index (κ2) is 13.7. The van der Waals surface area contributed by atoms with Crippen LogP contribution >= 0.6 is 0 Å². The lowest BCUT2D eigenvalue weighted by Gasteiger charge is -2.22. The molecule has 0 saturated heterocycles. The average Bonchev–Trinajstić information content (AvgIpc) is 3.34. The Morgan fingerprint density at radius 3 is 1.05 bits per heavy atom. The molecule has 0 heterocycles. The summed E-state index contributed by atoms with van der Waals surface area (Å²) < 4.78 is 0. The second-order valence-corrected chi connectivity index (χ2v) is 16.6. The van der Waals surface area contributed by atoms with Crippen LogP contribution in [-0.2, 0) is 0 Å². The summed E-state index contributed by atoms with van der Waals surface area (Å²) in [7, 11) is 0. The summed E-state index contributed by atoms with van der Waals surface area (Å²) in [5.41, 5.74) is 10.1. The minimum Gasteiger partial charge on any atom is -0.0616 e. The summed E-state index contributed by atoms with van der Waals surface area (Å²) >= 11 is 0. The van der Waals surface area contributed by atoms with Gasteiger partial charge in [-0.25, -0.2) is 0 Å². The third kappa shape index (κ3) is 5.14. The molecule has 0 spiro atoms. The summed E-state index contributed by atoms with van der Waals surface area (Å²) in [6, 6.07) is 85.8. The van der Waals surface area contributed by atoms with Gasteiger partial charge in [-0.3, -0.25) is 0 Å². The van der Waals surface area contributed by atoms with Crippen molar-refractivity contribution in [3.63, 3.8) is 0 Å². The van der Waals surface area contributed by atoms with Crippen molar-refractivity contribution in [2.45, 2.75) is 0 Å². The summed E-state index contributed by atoms with van der Waals surface area (Å²) in [5, 5.41) is 20.1. The molecule has 13 rings (SSSR count). The molecule has 286 valence electrons. The van der Waals surface area contributed by atoms with Crippen LogP contribution in [0.5, 0.6) is 0 Å². The second-order valence-electron chi connectivity index (χ2n) is 16.6. The van der Waals surface area contributed by atoms with E-state index in [-0.39, 0.29) is 0 Å². The zero-order valence-electron chi connectivity index (χ0n) is 33.9. The third-order valence-electron chi connectivity index (χ3n) is 13.4. The first-order valence-electron chi connectivity index (χ1n) is 21.6. The molecule has 0 radical (unpaired) electrons. The van der Waals surface area contributed by atoms with Crippen LogP contribution in [0.2, 0.25) is 0 Å². The normalized spacial score (nSPS) is 11.9. The van der Waals surface area contributed by atoms with Crippen molar-refractivity contribution in [2.24, 2.45) is 0 Å². The van der Waals surface area contributed by atoms with E-state index in [0.717, 1.165) is 0 Å². The maximum atomic E-state index is 2.51. The average molecular weight is 783 g/mol. The maximum absolute atomic E-state index is 2.51. The maximum Gasteiger partial charge on any atom is -0.00199 e. The van der Waals surface area contributed by atoms with Crippen molar-refractivity contribution in [2.75, 3.05) is 0 Å². The fraction of sp³-hybridized carbons (Fsp3) is 0. The molecule has 0 aromatic heterocycles. The lowest BCUT2D eigenvalue weighted by atomic mass is 9.81. The van der Waals surface area contributed by atoms with Crippen molar-refractivity contribution in [3.8, 4) is 44.5 Å². The first-order valence-corrected chi connectivity index (χ1v) is 21.6. The van der Waals surface area contributed by atoms with Gasteiger partial charge in [0.15, 0.2) is 0 Å². The molecule has 0 fully saturated rings. The van der Waals surface area contributed by atoms with Crippen LogP contribution in [0.1, 0.15) is 0 Å². The van der Waals surface area contributed by atoms with Gasteiger partial charge < -0.3 is 0 Å². The standard InChI is InChI=1S/C62H38/c1-4-22-43-39(17-1)20-15-33-48(43)60-54-31-13-14-32-55(54)61(49-34-16-21-40-18-2-5-23-44(40)49)58-38-42(35-36-56(58)60)59-50-27-9-11-29-52(50)62(53-30-12-10-28-51(53)59)57-37-41-19-3-6-24-45(41)46-25-7-8-26-47(46)57/h1-38H. The molecule has 0 aliphatic carbocycles. The number of benzene rings is 13. The van der Waals surface area contributed by atoms with E-state index in [1.54, 1.807) is 0 Å². The molecule has 0 N–H and O–H groups in total. The predicted molar refractivity (Wildman–Crippen MR) is 268 cm³/mol. The van der Waals surface area contributed by atoms with Gasteiger partial charge in [-0.2, -0.15) is 0 Å². The fourth-order valence-electron chi connectivity index (χ4n) is 10.8. The topological polar surface area (TPSA) is 0 Å². The van der Waals surface area contributed by atoms with Crippen LogP contribution in [0.3, 0.4) is 0 Å². The van der Waals surface area contributed by atoms with Crippen molar-refractivity contribution >= 4 is 86.2 Å². The Hall–Kier alpha value is -8.06. The van der Waals surface area contributed by atoms with Crippen LogP contribution in [-0.4, -0.2) is 0 Å². The molecule has 0 aliphatic rings. The molecule has 0 unspecified atom stereocenters. The van der Waals surface area contributed by atoms with Crippen molar-refractivity contribution in [3.05, 3.63) is 231 Å². The molecule has 62 heavy (non-hydrogen) atoms. The zero-order valence-corrected chi connectivity index (χ0v) is 33.9. The molecular formula is C62H38. The number of fused-ring (bicyclic) bond motifs is 9. The lowest BCUT2D eigenvalue weighted by Crippen LogP contribution is -1.94. The van der Waals surface area contributed by atoms with E-state index in [4.69, 9.17) is 0 Å². The first-order chi connectivity index (χ1) is 30.8. The predicted octanol–water partition coefficient (Wildman–Crippen LogP) is 17.6. The quantitative estimate of drug-likeness (QED) is 0.123. The van der Waals surface area contributed by atoms with Gasteiger partial charge in [-0.15, -0.1) is 0 Å². The zero-order chi connectivity index (χ0) is 40.7.